The average molecular weight is 394 g/mol. The number of thiophene rings is 1. The van der Waals surface area contributed by atoms with E-state index in [-0.39, 0.29) is 28.7 Å². The van der Waals surface area contributed by atoms with E-state index >= 15 is 0 Å². The van der Waals surface area contributed by atoms with Crippen LogP contribution in [0.25, 0.3) is 0 Å². The van der Waals surface area contributed by atoms with Crippen molar-refractivity contribution >= 4 is 32.8 Å². The molecular weight excluding hydrogens is 376 g/mol. The molecule has 1 unspecified atom stereocenters. The number of hydrogen-bond acceptors (Lipinski definition) is 6. The number of nitrogens with zero attached hydrogens (tertiary/aromatic N) is 2. The summed E-state index contributed by atoms with van der Waals surface area (Å²) in [4.78, 5) is 26.0. The van der Waals surface area contributed by atoms with Crippen LogP contribution in [0.2, 0.25) is 0 Å². The highest BCUT2D eigenvalue weighted by molar-refractivity contribution is 7.91. The van der Waals surface area contributed by atoms with Gasteiger partial charge in [0.25, 0.3) is 11.6 Å². The Morgan fingerprint density at radius 1 is 1.38 bits per heavy atom. The zero-order chi connectivity index (χ0) is 18.9. The second-order valence-electron chi connectivity index (χ2n) is 6.32. The molecule has 3 rings (SSSR count). The maximum atomic E-state index is 13.1. The summed E-state index contributed by atoms with van der Waals surface area (Å²) in [7, 11) is -3.17. The van der Waals surface area contributed by atoms with Gasteiger partial charge < -0.3 is 4.90 Å². The first-order valence-electron chi connectivity index (χ1n) is 8.05. The first kappa shape index (κ1) is 18.5. The third kappa shape index (κ3) is 3.94. The number of carbonyl (C=O) groups is 1. The lowest BCUT2D eigenvalue weighted by Crippen LogP contribution is -2.40. The van der Waals surface area contributed by atoms with Crippen molar-refractivity contribution in [3.05, 3.63) is 61.8 Å². The van der Waals surface area contributed by atoms with Gasteiger partial charge in [-0.3, -0.25) is 14.9 Å². The topological polar surface area (TPSA) is 97.6 Å². The minimum absolute atomic E-state index is 0.0554. The molecule has 1 fully saturated rings. The Hall–Kier alpha value is -2.26. The summed E-state index contributed by atoms with van der Waals surface area (Å²) in [6.45, 7) is 2.23. The molecule has 1 saturated heterocycles. The molecule has 1 aromatic heterocycles. The molecule has 0 saturated carbocycles. The van der Waals surface area contributed by atoms with Gasteiger partial charge in [-0.05, 0) is 36.4 Å². The van der Waals surface area contributed by atoms with Crippen LogP contribution in [0, 0.1) is 17.0 Å². The van der Waals surface area contributed by atoms with Gasteiger partial charge in [-0.15, -0.1) is 11.3 Å². The maximum Gasteiger partial charge on any atom is 0.270 e. The van der Waals surface area contributed by atoms with Crippen LogP contribution in [0.1, 0.15) is 27.2 Å². The van der Waals surface area contributed by atoms with Crippen LogP contribution < -0.4 is 0 Å². The van der Waals surface area contributed by atoms with Gasteiger partial charge in [0.2, 0.25) is 0 Å². The van der Waals surface area contributed by atoms with Crippen molar-refractivity contribution < 1.29 is 18.1 Å². The van der Waals surface area contributed by atoms with E-state index in [1.807, 2.05) is 18.4 Å². The third-order valence-electron chi connectivity index (χ3n) is 4.50. The molecule has 0 radical (unpaired) electrons. The smallest absolute Gasteiger partial charge is 0.270 e. The predicted octanol–water partition coefficient (Wildman–Crippen LogP) is 2.79. The summed E-state index contributed by atoms with van der Waals surface area (Å²) in [5, 5.41) is 12.9. The molecule has 1 aromatic carbocycles. The third-order valence-corrected chi connectivity index (χ3v) is 7.25. The van der Waals surface area contributed by atoms with E-state index in [9.17, 15) is 23.3 Å². The Bertz CT molecular complexity index is 952. The number of rotatable bonds is 5. The van der Waals surface area contributed by atoms with E-state index in [0.717, 1.165) is 10.4 Å². The van der Waals surface area contributed by atoms with Crippen molar-refractivity contribution in [1.29, 1.82) is 0 Å². The van der Waals surface area contributed by atoms with Crippen molar-refractivity contribution in [3.8, 4) is 0 Å². The fourth-order valence-corrected chi connectivity index (χ4v) is 5.66. The number of hydrogen-bond donors (Lipinski definition) is 0. The fourth-order valence-electron chi connectivity index (χ4n) is 3.03. The highest BCUT2D eigenvalue weighted by atomic mass is 32.2. The monoisotopic (exact) mass is 394 g/mol. The van der Waals surface area contributed by atoms with Crippen molar-refractivity contribution in [2.45, 2.75) is 25.9 Å². The van der Waals surface area contributed by atoms with Crippen LogP contribution in [0.4, 0.5) is 5.69 Å². The van der Waals surface area contributed by atoms with Gasteiger partial charge in [-0.25, -0.2) is 8.42 Å². The normalized spacial score (nSPS) is 18.6. The predicted molar refractivity (Wildman–Crippen MR) is 99.1 cm³/mol. The lowest BCUT2D eigenvalue weighted by molar-refractivity contribution is -0.384. The summed E-state index contributed by atoms with van der Waals surface area (Å²) >= 11 is 1.51. The molecular formula is C17H18N2O5S2. The van der Waals surface area contributed by atoms with Crippen LogP contribution in [0.5, 0.6) is 0 Å². The van der Waals surface area contributed by atoms with Gasteiger partial charge in [0, 0.05) is 28.6 Å². The number of carbonyl (C=O) groups excluding carboxylic acids is 1. The molecule has 0 bridgehead atoms. The van der Waals surface area contributed by atoms with Gasteiger partial charge in [0.1, 0.15) is 0 Å². The van der Waals surface area contributed by atoms with E-state index in [0.29, 0.717) is 13.0 Å². The van der Waals surface area contributed by atoms with Crippen LogP contribution >= 0.6 is 11.3 Å². The molecule has 1 aliphatic rings. The van der Waals surface area contributed by atoms with Crippen LogP contribution in [-0.2, 0) is 16.4 Å². The second kappa shape index (κ2) is 7.16. The second-order valence-corrected chi connectivity index (χ2v) is 9.55. The van der Waals surface area contributed by atoms with Crippen LogP contribution in [0.3, 0.4) is 0 Å². The molecule has 1 aliphatic heterocycles. The summed E-state index contributed by atoms with van der Waals surface area (Å²) in [5.74, 6) is -0.402. The molecule has 0 spiro atoms. The number of aryl methyl sites for hydroxylation is 1. The lowest BCUT2D eigenvalue weighted by atomic mass is 10.1. The molecule has 7 nitrogen and oxygen atoms in total. The van der Waals surface area contributed by atoms with Crippen LogP contribution in [-0.4, -0.2) is 41.7 Å². The van der Waals surface area contributed by atoms with Gasteiger partial charge in [0.15, 0.2) is 9.84 Å². The quantitative estimate of drug-likeness (QED) is 0.574. The minimum atomic E-state index is -3.17. The largest absolute Gasteiger partial charge is 0.329 e. The van der Waals surface area contributed by atoms with Crippen LogP contribution in [0.15, 0.2) is 35.7 Å². The number of nitro benzene ring substituents is 1. The van der Waals surface area contributed by atoms with Gasteiger partial charge in [-0.1, -0.05) is 6.07 Å². The molecule has 1 atom stereocenters. The first-order chi connectivity index (χ1) is 12.3. The molecule has 1 amide bonds. The Morgan fingerprint density at radius 3 is 2.73 bits per heavy atom. The Morgan fingerprint density at radius 2 is 2.15 bits per heavy atom. The Balaban J connectivity index is 1.94. The fraction of sp³-hybridized carbons (Fsp3) is 0.353. The maximum absolute atomic E-state index is 13.1. The van der Waals surface area contributed by atoms with Gasteiger partial charge in [0.05, 0.1) is 23.0 Å². The lowest BCUT2D eigenvalue weighted by Gasteiger charge is -2.28. The first-order valence-corrected chi connectivity index (χ1v) is 10.8. The number of sulfone groups is 1. The molecule has 2 aromatic rings. The number of benzene rings is 1. The number of nitro groups is 1. The van der Waals surface area contributed by atoms with Gasteiger partial charge in [-0.2, -0.15) is 0 Å². The molecule has 0 aliphatic carbocycles. The van der Waals surface area contributed by atoms with E-state index in [1.165, 1.54) is 35.6 Å². The van der Waals surface area contributed by atoms with Crippen molar-refractivity contribution in [1.82, 2.24) is 4.90 Å². The number of amides is 1. The summed E-state index contributed by atoms with van der Waals surface area (Å²) in [5.41, 5.74) is 1.06. The summed E-state index contributed by atoms with van der Waals surface area (Å²) < 4.78 is 23.8. The highest BCUT2D eigenvalue weighted by Gasteiger charge is 2.35. The SMILES string of the molecule is Cc1ccsc1CN(C(=O)c1cccc([N+](=O)[O-])c1)C1CCS(=O)(=O)C1. The number of non-ortho nitro benzene ring substituents is 1. The zero-order valence-corrected chi connectivity index (χ0v) is 15.8. The van der Waals surface area contributed by atoms with E-state index in [1.54, 1.807) is 4.90 Å². The Kier molecular flexibility index (Phi) is 5.10. The summed E-state index contributed by atoms with van der Waals surface area (Å²) in [6, 6.07) is 7.07. The van der Waals surface area contributed by atoms with Gasteiger partial charge >= 0.3 is 0 Å². The standard InChI is InChI=1S/C17H18N2O5S2/c1-12-5-7-25-16(12)10-18(15-6-8-26(23,24)11-15)17(20)13-3-2-4-14(9-13)19(21)22/h2-5,7,9,15H,6,8,10-11H2,1H3. The van der Waals surface area contributed by atoms with E-state index in [2.05, 4.69) is 0 Å². The van der Waals surface area contributed by atoms with Crippen molar-refractivity contribution in [2.75, 3.05) is 11.5 Å². The minimum Gasteiger partial charge on any atom is -0.329 e. The molecule has 138 valence electrons. The molecule has 2 heterocycles. The molecule has 26 heavy (non-hydrogen) atoms. The Labute approximate surface area is 155 Å². The van der Waals surface area contributed by atoms with Crippen molar-refractivity contribution in [2.24, 2.45) is 0 Å². The summed E-state index contributed by atoms with van der Waals surface area (Å²) in [6.07, 6.45) is 0.382. The highest BCUT2D eigenvalue weighted by Crippen LogP contribution is 2.26. The molecule has 9 heteroatoms. The van der Waals surface area contributed by atoms with Crippen molar-refractivity contribution in [3.63, 3.8) is 0 Å². The molecule has 0 N–H and O–H groups in total. The van der Waals surface area contributed by atoms with E-state index in [4.69, 9.17) is 0 Å². The zero-order valence-electron chi connectivity index (χ0n) is 14.1. The average Bonchev–Trinajstić information content (AvgIpc) is 3.17. The van der Waals surface area contributed by atoms with E-state index < -0.39 is 20.8 Å².